The molecule has 0 spiro atoms. The Kier molecular flexibility index (Phi) is 6.21. The van der Waals surface area contributed by atoms with E-state index in [0.29, 0.717) is 31.3 Å². The van der Waals surface area contributed by atoms with Crippen LogP contribution in [-0.2, 0) is 9.53 Å². The van der Waals surface area contributed by atoms with Gasteiger partial charge in [-0.2, -0.15) is 0 Å². The molecule has 1 aliphatic heterocycles. The summed E-state index contributed by atoms with van der Waals surface area (Å²) in [6, 6.07) is 11.7. The summed E-state index contributed by atoms with van der Waals surface area (Å²) in [7, 11) is 0. The first-order valence-corrected chi connectivity index (χ1v) is 9.56. The molecule has 0 aliphatic carbocycles. The van der Waals surface area contributed by atoms with Gasteiger partial charge in [-0.15, -0.1) is 0 Å². The number of aromatic nitrogens is 3. The molecule has 3 aromatic rings. The fraction of sp³-hybridized carbons (Fsp3) is 0.238. The molecule has 30 heavy (non-hydrogen) atoms. The Morgan fingerprint density at radius 2 is 2.07 bits per heavy atom. The summed E-state index contributed by atoms with van der Waals surface area (Å²) < 4.78 is 19.6. The molecule has 9 heteroatoms. The van der Waals surface area contributed by atoms with Crippen LogP contribution in [0.1, 0.15) is 11.8 Å². The van der Waals surface area contributed by atoms with Gasteiger partial charge in [0.25, 0.3) is 0 Å². The Morgan fingerprint density at radius 1 is 1.17 bits per heavy atom. The number of anilines is 3. The maximum Gasteiger partial charge on any atom is 0.238 e. The van der Waals surface area contributed by atoms with Gasteiger partial charge in [0.15, 0.2) is 0 Å². The molecule has 1 aromatic carbocycles. The molecular formula is C21H21FN6O2. The molecular weight excluding hydrogens is 387 g/mol. The number of carbonyl (C=O) groups is 1. The monoisotopic (exact) mass is 408 g/mol. The molecule has 0 bridgehead atoms. The van der Waals surface area contributed by atoms with Gasteiger partial charge in [0, 0.05) is 25.5 Å². The third-order valence-electron chi connectivity index (χ3n) is 4.59. The number of ether oxygens (including phenoxy) is 1. The minimum atomic E-state index is -0.456. The zero-order valence-corrected chi connectivity index (χ0v) is 16.2. The Balaban J connectivity index is 1.37. The van der Waals surface area contributed by atoms with Crippen molar-refractivity contribution < 1.29 is 13.9 Å². The first kappa shape index (κ1) is 19.9. The molecule has 2 N–H and O–H groups in total. The molecule has 0 radical (unpaired) electrons. The number of amides is 1. The van der Waals surface area contributed by atoms with Gasteiger partial charge >= 0.3 is 0 Å². The molecule has 1 aliphatic rings. The van der Waals surface area contributed by atoms with Gasteiger partial charge in [0.1, 0.15) is 23.6 Å². The van der Waals surface area contributed by atoms with E-state index in [0.717, 1.165) is 5.69 Å². The minimum Gasteiger partial charge on any atom is -0.369 e. The predicted octanol–water partition coefficient (Wildman–Crippen LogP) is 2.77. The van der Waals surface area contributed by atoms with Crippen LogP contribution in [0.4, 0.5) is 21.7 Å². The molecule has 1 saturated heterocycles. The molecule has 8 nitrogen and oxygen atoms in total. The van der Waals surface area contributed by atoms with Gasteiger partial charge in [-0.25, -0.2) is 14.4 Å². The second-order valence-electron chi connectivity index (χ2n) is 6.79. The summed E-state index contributed by atoms with van der Waals surface area (Å²) in [5, 5.41) is 5.72. The molecule has 4 rings (SSSR count). The summed E-state index contributed by atoms with van der Waals surface area (Å²) in [6.07, 6.45) is 4.53. The number of hydrogen-bond acceptors (Lipinski definition) is 7. The van der Waals surface area contributed by atoms with Gasteiger partial charge in [-0.3, -0.25) is 14.7 Å². The highest BCUT2D eigenvalue weighted by molar-refractivity contribution is 5.92. The lowest BCUT2D eigenvalue weighted by Crippen LogP contribution is -2.42. The number of rotatable bonds is 6. The van der Waals surface area contributed by atoms with E-state index in [1.807, 2.05) is 23.1 Å². The second kappa shape index (κ2) is 9.38. The maximum absolute atomic E-state index is 13.7. The summed E-state index contributed by atoms with van der Waals surface area (Å²) in [5.74, 6) is 0.498. The number of nitrogens with zero attached hydrogens (tertiary/aromatic N) is 4. The van der Waals surface area contributed by atoms with Crippen molar-refractivity contribution in [3.05, 3.63) is 72.6 Å². The topological polar surface area (TPSA) is 92.3 Å². The SMILES string of the molecule is O=C(CN1CCO[C@H](c2cccc(Nc3cnccn3)n2)C1)Nc1ccccc1F. The number of nitrogens with one attached hydrogen (secondary N) is 2. The molecule has 1 fully saturated rings. The highest BCUT2D eigenvalue weighted by Crippen LogP contribution is 2.23. The molecule has 0 saturated carbocycles. The van der Waals surface area contributed by atoms with E-state index in [-0.39, 0.29) is 24.2 Å². The smallest absolute Gasteiger partial charge is 0.238 e. The number of pyridine rings is 1. The molecule has 0 unspecified atom stereocenters. The summed E-state index contributed by atoms with van der Waals surface area (Å²) in [5.41, 5.74) is 0.930. The van der Waals surface area contributed by atoms with Crippen molar-refractivity contribution in [3.8, 4) is 0 Å². The lowest BCUT2D eigenvalue weighted by atomic mass is 10.2. The number of carbonyl (C=O) groups excluding carboxylic acids is 1. The predicted molar refractivity (Wildman–Crippen MR) is 110 cm³/mol. The van der Waals surface area contributed by atoms with E-state index in [2.05, 4.69) is 25.6 Å². The van der Waals surface area contributed by atoms with E-state index < -0.39 is 5.82 Å². The Bertz CT molecular complexity index is 1000. The van der Waals surface area contributed by atoms with Crippen molar-refractivity contribution >= 4 is 23.2 Å². The Morgan fingerprint density at radius 3 is 2.90 bits per heavy atom. The van der Waals surface area contributed by atoms with Crippen LogP contribution < -0.4 is 10.6 Å². The van der Waals surface area contributed by atoms with E-state index in [1.165, 1.54) is 12.1 Å². The van der Waals surface area contributed by atoms with Crippen LogP contribution in [0.15, 0.2) is 61.1 Å². The largest absolute Gasteiger partial charge is 0.369 e. The zero-order valence-electron chi connectivity index (χ0n) is 16.2. The average molecular weight is 408 g/mol. The fourth-order valence-corrected chi connectivity index (χ4v) is 3.18. The summed E-state index contributed by atoms with van der Waals surface area (Å²) in [6.45, 7) is 1.73. The number of benzene rings is 1. The van der Waals surface area contributed by atoms with Crippen LogP contribution in [0.5, 0.6) is 0 Å². The minimum absolute atomic E-state index is 0.145. The summed E-state index contributed by atoms with van der Waals surface area (Å²) >= 11 is 0. The third-order valence-corrected chi connectivity index (χ3v) is 4.59. The third kappa shape index (κ3) is 5.13. The standard InChI is InChI=1S/C21H21FN6O2/c22-15-4-1-2-5-16(15)26-21(29)14-28-10-11-30-18(13-28)17-6-3-7-19(25-17)27-20-12-23-8-9-24-20/h1-9,12,18H,10-11,13-14H2,(H,26,29)(H,24,25,27)/t18-/m0/s1. The van der Waals surface area contributed by atoms with E-state index in [1.54, 1.807) is 30.7 Å². The molecule has 1 atom stereocenters. The van der Waals surface area contributed by atoms with Crippen molar-refractivity contribution in [2.75, 3.05) is 36.9 Å². The van der Waals surface area contributed by atoms with Crippen LogP contribution >= 0.6 is 0 Å². The van der Waals surface area contributed by atoms with Gasteiger partial charge in [-0.05, 0) is 24.3 Å². The number of para-hydroxylation sites is 1. The normalized spacial score (nSPS) is 16.8. The van der Waals surface area contributed by atoms with Crippen molar-refractivity contribution in [1.29, 1.82) is 0 Å². The summed E-state index contributed by atoms with van der Waals surface area (Å²) in [4.78, 5) is 27.1. The second-order valence-corrected chi connectivity index (χ2v) is 6.79. The quantitative estimate of drug-likeness (QED) is 0.648. The van der Waals surface area contributed by atoms with Crippen molar-refractivity contribution in [2.45, 2.75) is 6.10 Å². The first-order valence-electron chi connectivity index (χ1n) is 9.56. The highest BCUT2D eigenvalue weighted by atomic mass is 19.1. The number of halogens is 1. The van der Waals surface area contributed by atoms with Crippen LogP contribution in [0.25, 0.3) is 0 Å². The maximum atomic E-state index is 13.7. The fourth-order valence-electron chi connectivity index (χ4n) is 3.18. The van der Waals surface area contributed by atoms with Gasteiger partial charge in [-0.1, -0.05) is 18.2 Å². The Hall–Kier alpha value is -3.43. The zero-order chi connectivity index (χ0) is 20.8. The van der Waals surface area contributed by atoms with Crippen molar-refractivity contribution in [3.63, 3.8) is 0 Å². The number of hydrogen-bond donors (Lipinski definition) is 2. The number of morpholine rings is 1. The lowest BCUT2D eigenvalue weighted by Gasteiger charge is -2.32. The molecule has 2 aromatic heterocycles. The van der Waals surface area contributed by atoms with Crippen LogP contribution in [0, 0.1) is 5.82 Å². The average Bonchev–Trinajstić information content (AvgIpc) is 2.76. The van der Waals surface area contributed by atoms with E-state index >= 15 is 0 Å². The molecule has 1 amide bonds. The first-order chi connectivity index (χ1) is 14.7. The van der Waals surface area contributed by atoms with Crippen LogP contribution in [0.2, 0.25) is 0 Å². The van der Waals surface area contributed by atoms with Gasteiger partial charge in [0.2, 0.25) is 5.91 Å². The van der Waals surface area contributed by atoms with Gasteiger partial charge < -0.3 is 15.4 Å². The van der Waals surface area contributed by atoms with Crippen molar-refractivity contribution in [1.82, 2.24) is 19.9 Å². The highest BCUT2D eigenvalue weighted by Gasteiger charge is 2.25. The van der Waals surface area contributed by atoms with Crippen LogP contribution in [0.3, 0.4) is 0 Å². The van der Waals surface area contributed by atoms with Crippen molar-refractivity contribution in [2.24, 2.45) is 0 Å². The van der Waals surface area contributed by atoms with E-state index in [9.17, 15) is 9.18 Å². The van der Waals surface area contributed by atoms with Gasteiger partial charge in [0.05, 0.1) is 30.7 Å². The Labute approximate surface area is 173 Å². The van der Waals surface area contributed by atoms with Crippen LogP contribution in [-0.4, -0.2) is 52.0 Å². The molecule has 154 valence electrons. The van der Waals surface area contributed by atoms with E-state index in [4.69, 9.17) is 4.74 Å². The lowest BCUT2D eigenvalue weighted by molar-refractivity contribution is -0.119. The molecule has 3 heterocycles.